The zero-order chi connectivity index (χ0) is 20.3. The monoisotopic (exact) mass is 401 g/mol. The van der Waals surface area contributed by atoms with E-state index in [9.17, 15) is 18.8 Å². The number of halogens is 1. The Hall–Kier alpha value is -3.20. The van der Waals surface area contributed by atoms with E-state index in [1.807, 2.05) is 0 Å². The fraction of sp³-hybridized carbons (Fsp3) is 0.158. The molecule has 1 aliphatic rings. The number of carboxylic acids is 1. The molecule has 0 aromatic heterocycles. The number of carbonyl (C=O) groups is 3. The van der Waals surface area contributed by atoms with Gasteiger partial charge < -0.3 is 10.4 Å². The van der Waals surface area contributed by atoms with Crippen LogP contribution < -0.4 is 10.2 Å². The van der Waals surface area contributed by atoms with E-state index >= 15 is 0 Å². The van der Waals surface area contributed by atoms with Crippen LogP contribution in [-0.4, -0.2) is 40.4 Å². The van der Waals surface area contributed by atoms with E-state index in [2.05, 4.69) is 10.3 Å². The first kappa shape index (κ1) is 19.6. The number of amides is 2. The number of carboxylic acid groups (broad SMARTS) is 1. The molecule has 2 aromatic carbocycles. The summed E-state index contributed by atoms with van der Waals surface area (Å²) >= 11 is 1.08. The van der Waals surface area contributed by atoms with Crippen LogP contribution in [0.25, 0.3) is 0 Å². The molecule has 1 atom stereocenters. The minimum Gasteiger partial charge on any atom is -0.478 e. The Balaban J connectivity index is 1.72. The van der Waals surface area contributed by atoms with Gasteiger partial charge in [-0.25, -0.2) is 14.1 Å². The van der Waals surface area contributed by atoms with Crippen LogP contribution in [0.1, 0.15) is 16.8 Å². The van der Waals surface area contributed by atoms with Gasteiger partial charge in [-0.3, -0.25) is 14.6 Å². The first-order chi connectivity index (χ1) is 13.4. The number of amidine groups is 1. The summed E-state index contributed by atoms with van der Waals surface area (Å²) in [7, 11) is 1.53. The van der Waals surface area contributed by atoms with Crippen molar-refractivity contribution in [2.45, 2.75) is 11.7 Å². The highest BCUT2D eigenvalue weighted by molar-refractivity contribution is 8.15. The summed E-state index contributed by atoms with van der Waals surface area (Å²) in [5.74, 6) is -2.30. The third-order valence-corrected chi connectivity index (χ3v) is 5.17. The van der Waals surface area contributed by atoms with Crippen LogP contribution in [0, 0.1) is 5.82 Å². The molecule has 1 aliphatic heterocycles. The average molecular weight is 401 g/mol. The van der Waals surface area contributed by atoms with Gasteiger partial charge in [0.1, 0.15) is 11.1 Å². The van der Waals surface area contributed by atoms with Crippen molar-refractivity contribution in [3.63, 3.8) is 0 Å². The van der Waals surface area contributed by atoms with Crippen LogP contribution in [0.2, 0.25) is 0 Å². The van der Waals surface area contributed by atoms with Crippen LogP contribution in [0.15, 0.2) is 53.5 Å². The highest BCUT2D eigenvalue weighted by atomic mass is 32.2. The average Bonchev–Trinajstić information content (AvgIpc) is 2.94. The smallest absolute Gasteiger partial charge is 0.335 e. The van der Waals surface area contributed by atoms with E-state index in [1.165, 1.54) is 43.4 Å². The summed E-state index contributed by atoms with van der Waals surface area (Å²) < 4.78 is 13.3. The molecule has 0 bridgehead atoms. The number of hydrogen-bond acceptors (Lipinski definition) is 5. The fourth-order valence-electron chi connectivity index (χ4n) is 2.68. The molecule has 2 aromatic rings. The molecule has 3 rings (SSSR count). The quantitative estimate of drug-likeness (QED) is 0.464. The molecule has 1 fully saturated rings. The number of hydrogen-bond donors (Lipinski definition) is 2. The Morgan fingerprint density at radius 3 is 2.57 bits per heavy atom. The molecule has 1 heterocycles. The van der Waals surface area contributed by atoms with Crippen molar-refractivity contribution >= 4 is 46.1 Å². The standard InChI is InChI=1S/C19H16FN3O4S/c1-21-19(22-13-4-2-3-12(20)9-13)28-15-10-16(24)23(17(15)25)14-7-5-11(6-8-14)18(26)27/h2-9,15H,10H2,1H3,(H,21,22)(H,26,27)/t15-/m1/s1. The van der Waals surface area contributed by atoms with Gasteiger partial charge in [-0.2, -0.15) is 0 Å². The molecule has 144 valence electrons. The number of thioether (sulfide) groups is 1. The lowest BCUT2D eigenvalue weighted by molar-refractivity contribution is -0.121. The zero-order valence-corrected chi connectivity index (χ0v) is 15.6. The molecular weight excluding hydrogens is 385 g/mol. The second-order valence-corrected chi connectivity index (χ2v) is 7.09. The van der Waals surface area contributed by atoms with Gasteiger partial charge in [-0.1, -0.05) is 17.8 Å². The summed E-state index contributed by atoms with van der Waals surface area (Å²) in [6.07, 6.45) is -0.0198. The van der Waals surface area contributed by atoms with Gasteiger partial charge in [0.15, 0.2) is 5.17 Å². The van der Waals surface area contributed by atoms with Gasteiger partial charge in [-0.15, -0.1) is 0 Å². The van der Waals surface area contributed by atoms with Gasteiger partial charge in [-0.05, 0) is 42.5 Å². The summed E-state index contributed by atoms with van der Waals surface area (Å²) in [5, 5.41) is 11.6. The van der Waals surface area contributed by atoms with Crippen LogP contribution in [0.4, 0.5) is 15.8 Å². The number of carbonyl (C=O) groups excluding carboxylic acids is 2. The van der Waals surface area contributed by atoms with Crippen molar-refractivity contribution in [3.05, 3.63) is 59.9 Å². The number of nitrogens with one attached hydrogen (secondary N) is 1. The predicted molar refractivity (Wildman–Crippen MR) is 105 cm³/mol. The normalized spacial score (nSPS) is 17.1. The maximum atomic E-state index is 13.3. The second kappa shape index (κ2) is 8.22. The van der Waals surface area contributed by atoms with Gasteiger partial charge in [0.05, 0.1) is 11.3 Å². The molecule has 9 heteroatoms. The Labute approximate surface area is 164 Å². The van der Waals surface area contributed by atoms with Crippen LogP contribution >= 0.6 is 11.8 Å². The first-order valence-electron chi connectivity index (χ1n) is 8.25. The number of nitrogens with zero attached hydrogens (tertiary/aromatic N) is 2. The van der Waals surface area contributed by atoms with E-state index in [1.54, 1.807) is 12.1 Å². The maximum Gasteiger partial charge on any atom is 0.335 e. The van der Waals surface area contributed by atoms with Crippen molar-refractivity contribution in [3.8, 4) is 0 Å². The molecule has 0 saturated carbocycles. The first-order valence-corrected chi connectivity index (χ1v) is 9.13. The molecule has 0 unspecified atom stereocenters. The highest BCUT2D eigenvalue weighted by Gasteiger charge is 2.40. The third-order valence-electron chi connectivity index (χ3n) is 4.01. The number of rotatable bonds is 4. The maximum absolute atomic E-state index is 13.3. The Morgan fingerprint density at radius 1 is 1.25 bits per heavy atom. The summed E-state index contributed by atoms with van der Waals surface area (Å²) in [6.45, 7) is 0. The lowest BCUT2D eigenvalue weighted by Crippen LogP contribution is -2.31. The molecular formula is C19H16FN3O4S. The largest absolute Gasteiger partial charge is 0.478 e. The Bertz CT molecular complexity index is 962. The summed E-state index contributed by atoms with van der Waals surface area (Å²) in [6, 6.07) is 11.3. The zero-order valence-electron chi connectivity index (χ0n) is 14.8. The van der Waals surface area contributed by atoms with Gasteiger partial charge in [0.2, 0.25) is 11.8 Å². The van der Waals surface area contributed by atoms with E-state index in [0.717, 1.165) is 16.7 Å². The second-order valence-electron chi connectivity index (χ2n) is 5.89. The van der Waals surface area contributed by atoms with E-state index in [-0.39, 0.29) is 17.9 Å². The van der Waals surface area contributed by atoms with Crippen LogP contribution in [0.3, 0.4) is 0 Å². The molecule has 1 saturated heterocycles. The number of anilines is 2. The van der Waals surface area contributed by atoms with Crippen LogP contribution in [0.5, 0.6) is 0 Å². The fourth-order valence-corrected chi connectivity index (χ4v) is 3.67. The van der Waals surface area contributed by atoms with Gasteiger partial charge in [0.25, 0.3) is 0 Å². The number of aliphatic imine (C=N–C) groups is 1. The van der Waals surface area contributed by atoms with E-state index < -0.39 is 22.9 Å². The lowest BCUT2D eigenvalue weighted by Gasteiger charge is -2.16. The predicted octanol–water partition coefficient (Wildman–Crippen LogP) is 2.99. The topological polar surface area (TPSA) is 99.1 Å². The summed E-state index contributed by atoms with van der Waals surface area (Å²) in [4.78, 5) is 41.1. The highest BCUT2D eigenvalue weighted by Crippen LogP contribution is 2.31. The molecule has 28 heavy (non-hydrogen) atoms. The molecule has 0 aliphatic carbocycles. The summed E-state index contributed by atoms with van der Waals surface area (Å²) in [5.41, 5.74) is 0.857. The van der Waals surface area contributed by atoms with Crippen molar-refractivity contribution in [2.75, 3.05) is 17.3 Å². The van der Waals surface area contributed by atoms with E-state index in [0.29, 0.717) is 16.5 Å². The lowest BCUT2D eigenvalue weighted by atomic mass is 10.2. The molecule has 0 radical (unpaired) electrons. The van der Waals surface area contributed by atoms with Crippen molar-refractivity contribution in [2.24, 2.45) is 4.99 Å². The van der Waals surface area contributed by atoms with Crippen molar-refractivity contribution in [1.82, 2.24) is 0 Å². The molecule has 0 spiro atoms. The number of benzene rings is 2. The third kappa shape index (κ3) is 4.20. The minimum atomic E-state index is -1.09. The number of aromatic carboxylic acids is 1. The van der Waals surface area contributed by atoms with Crippen LogP contribution in [-0.2, 0) is 9.59 Å². The van der Waals surface area contributed by atoms with E-state index in [4.69, 9.17) is 5.11 Å². The number of imide groups is 1. The van der Waals surface area contributed by atoms with Gasteiger partial charge in [0, 0.05) is 19.2 Å². The van der Waals surface area contributed by atoms with Crippen molar-refractivity contribution in [1.29, 1.82) is 0 Å². The minimum absolute atomic E-state index is 0.0198. The molecule has 7 nitrogen and oxygen atoms in total. The van der Waals surface area contributed by atoms with Crippen molar-refractivity contribution < 1.29 is 23.9 Å². The SMILES string of the molecule is CN=C(Nc1cccc(F)c1)S[C@@H]1CC(=O)N(c2ccc(C(=O)O)cc2)C1=O. The Morgan fingerprint density at radius 2 is 1.96 bits per heavy atom. The van der Waals surface area contributed by atoms with Gasteiger partial charge >= 0.3 is 5.97 Å². The Kier molecular flexibility index (Phi) is 5.74. The molecule has 2 N–H and O–H groups in total. The molecule has 2 amide bonds.